The molecule has 0 radical (unpaired) electrons. The minimum absolute atomic E-state index is 0.0849. The van der Waals surface area contributed by atoms with Crippen LogP contribution >= 0.6 is 11.6 Å². The van der Waals surface area contributed by atoms with Crippen LogP contribution in [0.5, 0.6) is 5.75 Å². The molecule has 31 heavy (non-hydrogen) atoms. The van der Waals surface area contributed by atoms with Crippen molar-refractivity contribution in [3.05, 3.63) is 69.8 Å². The number of ether oxygens (including phenoxy) is 1. The van der Waals surface area contributed by atoms with E-state index in [1.54, 1.807) is 49.6 Å². The molecule has 0 aromatic heterocycles. The first-order valence-electron chi connectivity index (χ1n) is 10.1. The van der Waals surface area contributed by atoms with Gasteiger partial charge in [0.25, 0.3) is 11.7 Å². The highest BCUT2D eigenvalue weighted by Gasteiger charge is 2.45. The van der Waals surface area contributed by atoms with Gasteiger partial charge in [0.05, 0.1) is 18.7 Å². The lowest BCUT2D eigenvalue weighted by atomic mass is 9.94. The number of aliphatic hydroxyl groups excluding tert-OH is 1. The molecule has 1 heterocycles. The standard InChI is InChI=1S/C24H27ClN2O4/c1-15-14-17(8-11-19(15)31-4)22(28)20-21(16-6-9-18(25)10-7-16)27(24(30)23(20)29)13-5-12-26(2)3/h6-11,14,21,28H,5,12-13H2,1-4H3/b22-20+. The minimum Gasteiger partial charge on any atom is -0.507 e. The molecule has 0 bridgehead atoms. The first-order chi connectivity index (χ1) is 14.7. The number of carbonyl (C=O) groups excluding carboxylic acids is 2. The van der Waals surface area contributed by atoms with Crippen molar-refractivity contribution in [2.75, 3.05) is 34.3 Å². The van der Waals surface area contributed by atoms with Gasteiger partial charge in [0.2, 0.25) is 0 Å². The molecule has 1 fully saturated rings. The molecular weight excluding hydrogens is 416 g/mol. The summed E-state index contributed by atoms with van der Waals surface area (Å²) in [5, 5.41) is 11.7. The van der Waals surface area contributed by atoms with E-state index in [2.05, 4.69) is 0 Å². The maximum absolute atomic E-state index is 13.0. The van der Waals surface area contributed by atoms with Gasteiger partial charge < -0.3 is 19.6 Å². The summed E-state index contributed by atoms with van der Waals surface area (Å²) in [6.45, 7) is 3.02. The number of hydrogen-bond acceptors (Lipinski definition) is 5. The average molecular weight is 443 g/mol. The normalized spacial score (nSPS) is 18.1. The predicted molar refractivity (Wildman–Crippen MR) is 121 cm³/mol. The Morgan fingerprint density at radius 2 is 1.84 bits per heavy atom. The molecule has 2 aromatic carbocycles. The lowest BCUT2D eigenvalue weighted by Crippen LogP contribution is -2.32. The van der Waals surface area contributed by atoms with Gasteiger partial charge in [-0.05, 0) is 75.4 Å². The van der Waals surface area contributed by atoms with Crippen LogP contribution < -0.4 is 4.74 Å². The van der Waals surface area contributed by atoms with E-state index in [1.165, 1.54) is 4.90 Å². The summed E-state index contributed by atoms with van der Waals surface area (Å²) in [6.07, 6.45) is 0.700. The van der Waals surface area contributed by atoms with Gasteiger partial charge in [-0.15, -0.1) is 0 Å². The number of aryl methyl sites for hydroxylation is 1. The summed E-state index contributed by atoms with van der Waals surface area (Å²) in [5.74, 6) is -0.810. The minimum atomic E-state index is -0.684. The molecule has 2 aromatic rings. The van der Waals surface area contributed by atoms with Gasteiger partial charge in [0, 0.05) is 17.1 Å². The number of nitrogens with zero attached hydrogens (tertiary/aromatic N) is 2. The Morgan fingerprint density at radius 1 is 1.16 bits per heavy atom. The molecular formula is C24H27ClN2O4. The molecule has 7 heteroatoms. The summed E-state index contributed by atoms with van der Waals surface area (Å²) >= 11 is 6.05. The third-order valence-electron chi connectivity index (χ3n) is 5.40. The third kappa shape index (κ3) is 4.75. The molecule has 1 N–H and O–H groups in total. The van der Waals surface area contributed by atoms with Crippen LogP contribution in [0.25, 0.3) is 5.76 Å². The van der Waals surface area contributed by atoms with E-state index < -0.39 is 17.7 Å². The second-order valence-corrected chi connectivity index (χ2v) is 8.32. The summed E-state index contributed by atoms with van der Waals surface area (Å²) in [5.41, 5.74) is 2.08. The SMILES string of the molecule is COc1ccc(/C(O)=C2\C(=O)C(=O)N(CCCN(C)C)C2c2ccc(Cl)cc2)cc1C. The van der Waals surface area contributed by atoms with E-state index in [4.69, 9.17) is 16.3 Å². The monoisotopic (exact) mass is 442 g/mol. The van der Waals surface area contributed by atoms with Gasteiger partial charge in [-0.1, -0.05) is 23.7 Å². The van der Waals surface area contributed by atoms with Crippen LogP contribution in [0.15, 0.2) is 48.0 Å². The number of ketones is 1. The lowest BCUT2D eigenvalue weighted by molar-refractivity contribution is -0.139. The van der Waals surface area contributed by atoms with Gasteiger partial charge in [0.1, 0.15) is 11.5 Å². The Bertz CT molecular complexity index is 1010. The summed E-state index contributed by atoms with van der Waals surface area (Å²) < 4.78 is 5.28. The zero-order chi connectivity index (χ0) is 22.7. The molecule has 1 saturated heterocycles. The molecule has 0 saturated carbocycles. The van der Waals surface area contributed by atoms with Crippen LogP contribution in [0, 0.1) is 6.92 Å². The van der Waals surface area contributed by atoms with E-state index in [-0.39, 0.29) is 11.3 Å². The highest BCUT2D eigenvalue weighted by Crippen LogP contribution is 2.40. The van der Waals surface area contributed by atoms with Gasteiger partial charge >= 0.3 is 0 Å². The fraction of sp³-hybridized carbons (Fsp3) is 0.333. The quantitative estimate of drug-likeness (QED) is 0.398. The second-order valence-electron chi connectivity index (χ2n) is 7.89. The molecule has 3 rings (SSSR count). The first kappa shape index (κ1) is 22.8. The number of likely N-dealkylation sites (tertiary alicyclic amines) is 1. The molecule has 1 amide bonds. The number of aliphatic hydroxyl groups is 1. The van der Waals surface area contributed by atoms with Crippen LogP contribution in [-0.2, 0) is 9.59 Å². The maximum Gasteiger partial charge on any atom is 0.295 e. The second kappa shape index (κ2) is 9.54. The molecule has 164 valence electrons. The van der Waals surface area contributed by atoms with Crippen molar-refractivity contribution in [3.8, 4) is 5.75 Å². The van der Waals surface area contributed by atoms with E-state index >= 15 is 0 Å². The Balaban J connectivity index is 2.10. The van der Waals surface area contributed by atoms with E-state index in [0.717, 1.165) is 17.7 Å². The molecule has 1 atom stereocenters. The highest BCUT2D eigenvalue weighted by atomic mass is 35.5. The average Bonchev–Trinajstić information content (AvgIpc) is 2.98. The Labute approximate surface area is 187 Å². The number of benzene rings is 2. The van der Waals surface area contributed by atoms with Gasteiger partial charge in [-0.3, -0.25) is 9.59 Å². The topological polar surface area (TPSA) is 70.1 Å². The Morgan fingerprint density at radius 3 is 2.42 bits per heavy atom. The largest absolute Gasteiger partial charge is 0.507 e. The predicted octanol–water partition coefficient (Wildman–Crippen LogP) is 4.03. The zero-order valence-electron chi connectivity index (χ0n) is 18.2. The lowest BCUT2D eigenvalue weighted by Gasteiger charge is -2.26. The van der Waals surface area contributed by atoms with Crippen molar-refractivity contribution >= 4 is 29.1 Å². The maximum atomic E-state index is 13.0. The number of methoxy groups -OCH3 is 1. The van der Waals surface area contributed by atoms with Crippen molar-refractivity contribution < 1.29 is 19.4 Å². The number of carbonyl (C=O) groups is 2. The van der Waals surface area contributed by atoms with Crippen molar-refractivity contribution in [1.82, 2.24) is 9.80 Å². The van der Waals surface area contributed by atoms with Crippen LogP contribution in [0.1, 0.15) is 29.2 Å². The molecule has 0 aliphatic carbocycles. The van der Waals surface area contributed by atoms with Gasteiger partial charge in [-0.25, -0.2) is 0 Å². The molecule has 1 aliphatic heterocycles. The zero-order valence-corrected chi connectivity index (χ0v) is 18.9. The number of halogens is 1. The van der Waals surface area contributed by atoms with Crippen LogP contribution in [0.2, 0.25) is 5.02 Å². The van der Waals surface area contributed by atoms with Crippen molar-refractivity contribution in [1.29, 1.82) is 0 Å². The Hall–Kier alpha value is -2.83. The smallest absolute Gasteiger partial charge is 0.295 e. The van der Waals surface area contributed by atoms with E-state index in [9.17, 15) is 14.7 Å². The van der Waals surface area contributed by atoms with Crippen molar-refractivity contribution in [2.24, 2.45) is 0 Å². The number of Topliss-reactive ketones (excluding diaryl/α,β-unsaturated/α-hetero) is 1. The van der Waals surface area contributed by atoms with Crippen molar-refractivity contribution in [3.63, 3.8) is 0 Å². The van der Waals surface area contributed by atoms with E-state index in [0.29, 0.717) is 29.3 Å². The summed E-state index contributed by atoms with van der Waals surface area (Å²) in [7, 11) is 5.48. The van der Waals surface area contributed by atoms with Crippen molar-refractivity contribution in [2.45, 2.75) is 19.4 Å². The number of rotatable bonds is 7. The van der Waals surface area contributed by atoms with Gasteiger partial charge in [-0.2, -0.15) is 0 Å². The van der Waals surface area contributed by atoms with Crippen LogP contribution in [-0.4, -0.2) is 60.9 Å². The number of amides is 1. The number of hydrogen-bond donors (Lipinski definition) is 1. The summed E-state index contributed by atoms with van der Waals surface area (Å²) in [6, 6.07) is 11.5. The fourth-order valence-electron chi connectivity index (χ4n) is 3.84. The highest BCUT2D eigenvalue weighted by molar-refractivity contribution is 6.46. The fourth-order valence-corrected chi connectivity index (χ4v) is 3.97. The Kier molecular flexibility index (Phi) is 7.03. The van der Waals surface area contributed by atoms with Crippen LogP contribution in [0.4, 0.5) is 0 Å². The van der Waals surface area contributed by atoms with Crippen LogP contribution in [0.3, 0.4) is 0 Å². The molecule has 0 spiro atoms. The first-order valence-corrected chi connectivity index (χ1v) is 10.5. The van der Waals surface area contributed by atoms with E-state index in [1.807, 2.05) is 25.9 Å². The molecule has 1 aliphatic rings. The molecule has 6 nitrogen and oxygen atoms in total. The van der Waals surface area contributed by atoms with Gasteiger partial charge in [0.15, 0.2) is 0 Å². The third-order valence-corrected chi connectivity index (χ3v) is 5.65. The molecule has 1 unspecified atom stereocenters. The summed E-state index contributed by atoms with van der Waals surface area (Å²) in [4.78, 5) is 29.5.